The first-order valence-corrected chi connectivity index (χ1v) is 9.02. The second-order valence-corrected chi connectivity index (χ2v) is 7.85. The Balaban J connectivity index is 2.05. The van der Waals surface area contributed by atoms with Gasteiger partial charge < -0.3 is 20.4 Å². The highest BCUT2D eigenvalue weighted by Crippen LogP contribution is 2.37. The summed E-state index contributed by atoms with van der Waals surface area (Å²) in [6, 6.07) is 0.0447. The second kappa shape index (κ2) is 7.67. The normalized spacial score (nSPS) is 37.3. The van der Waals surface area contributed by atoms with Crippen molar-refractivity contribution in [1.82, 2.24) is 4.90 Å². The lowest BCUT2D eigenvalue weighted by molar-refractivity contribution is -0.110. The number of allylic oxidation sites excluding steroid dienone is 2. The Kier molecular flexibility index (Phi) is 6.26. The standard InChI is InChI=1S/C19H33NO4/c1-12(7-8-13(2)17(22)14(3)21)10-15-11-20-9-5-6-16(20)19(4,24)18(15)23/h8,10,12,14,16-18,21-24H,5-7,9,11H2,1-4H3/b13-8+,15-10+/t12-,14-,16+,17-,18+,19-/m1/s1. The predicted octanol–water partition coefficient (Wildman–Crippen LogP) is 1.22. The van der Waals surface area contributed by atoms with Crippen molar-refractivity contribution < 1.29 is 20.4 Å². The second-order valence-electron chi connectivity index (χ2n) is 7.85. The highest BCUT2D eigenvalue weighted by Gasteiger charge is 2.49. The number of piperidine rings is 1. The molecule has 2 aliphatic heterocycles. The monoisotopic (exact) mass is 339 g/mol. The van der Waals surface area contributed by atoms with Crippen LogP contribution in [0.2, 0.25) is 0 Å². The van der Waals surface area contributed by atoms with Gasteiger partial charge in [-0.05, 0) is 63.6 Å². The molecule has 2 heterocycles. The molecule has 2 aliphatic rings. The predicted molar refractivity (Wildman–Crippen MR) is 94.5 cm³/mol. The van der Waals surface area contributed by atoms with Gasteiger partial charge in [0.15, 0.2) is 0 Å². The molecule has 24 heavy (non-hydrogen) atoms. The maximum absolute atomic E-state index is 10.7. The minimum absolute atomic E-state index is 0.0447. The van der Waals surface area contributed by atoms with E-state index in [1.165, 1.54) is 0 Å². The lowest BCUT2D eigenvalue weighted by atomic mass is 9.80. The molecule has 0 radical (unpaired) electrons. The van der Waals surface area contributed by atoms with E-state index in [9.17, 15) is 20.4 Å². The molecule has 0 saturated carbocycles. The number of nitrogens with zero attached hydrogens (tertiary/aromatic N) is 1. The molecule has 2 fully saturated rings. The average molecular weight is 339 g/mol. The number of fused-ring (bicyclic) bond motifs is 1. The molecule has 5 nitrogen and oxygen atoms in total. The summed E-state index contributed by atoms with van der Waals surface area (Å²) in [4.78, 5) is 2.27. The van der Waals surface area contributed by atoms with Crippen LogP contribution in [-0.2, 0) is 0 Å². The zero-order valence-corrected chi connectivity index (χ0v) is 15.3. The van der Waals surface area contributed by atoms with Crippen molar-refractivity contribution in [3.63, 3.8) is 0 Å². The third-order valence-corrected chi connectivity index (χ3v) is 5.56. The lowest BCUT2D eigenvalue weighted by Gasteiger charge is -2.46. The number of aliphatic hydroxyl groups is 4. The van der Waals surface area contributed by atoms with Crippen LogP contribution in [0.1, 0.15) is 47.0 Å². The zero-order chi connectivity index (χ0) is 18.1. The summed E-state index contributed by atoms with van der Waals surface area (Å²) in [5.74, 6) is 0.181. The van der Waals surface area contributed by atoms with Gasteiger partial charge in [-0.25, -0.2) is 0 Å². The summed E-state index contributed by atoms with van der Waals surface area (Å²) in [5, 5.41) is 40.6. The van der Waals surface area contributed by atoms with E-state index in [0.717, 1.165) is 37.0 Å². The fraction of sp³-hybridized carbons (Fsp3) is 0.789. The van der Waals surface area contributed by atoms with E-state index in [4.69, 9.17) is 0 Å². The van der Waals surface area contributed by atoms with Crippen LogP contribution in [0, 0.1) is 5.92 Å². The van der Waals surface area contributed by atoms with Crippen LogP contribution >= 0.6 is 0 Å². The molecule has 0 amide bonds. The molecule has 5 heteroatoms. The summed E-state index contributed by atoms with van der Waals surface area (Å²) in [6.45, 7) is 8.86. The van der Waals surface area contributed by atoms with Gasteiger partial charge in [-0.3, -0.25) is 4.90 Å². The molecule has 0 aromatic heterocycles. The van der Waals surface area contributed by atoms with Crippen LogP contribution in [0.3, 0.4) is 0 Å². The molecule has 6 atom stereocenters. The van der Waals surface area contributed by atoms with Gasteiger partial charge in [0.1, 0.15) is 17.8 Å². The average Bonchev–Trinajstić information content (AvgIpc) is 2.98. The Bertz CT molecular complexity index is 498. The van der Waals surface area contributed by atoms with Crippen LogP contribution in [0.25, 0.3) is 0 Å². The van der Waals surface area contributed by atoms with Crippen LogP contribution in [-0.4, -0.2) is 68.4 Å². The quantitative estimate of drug-likeness (QED) is 0.566. The van der Waals surface area contributed by atoms with Gasteiger partial charge in [0.05, 0.1) is 6.10 Å². The molecule has 4 N–H and O–H groups in total. The first-order valence-electron chi connectivity index (χ1n) is 9.02. The van der Waals surface area contributed by atoms with Gasteiger partial charge in [-0.15, -0.1) is 0 Å². The van der Waals surface area contributed by atoms with Gasteiger partial charge >= 0.3 is 0 Å². The van der Waals surface area contributed by atoms with Crippen LogP contribution in [0.4, 0.5) is 0 Å². The van der Waals surface area contributed by atoms with Crippen molar-refractivity contribution in [1.29, 1.82) is 0 Å². The molecule has 0 aromatic rings. The summed E-state index contributed by atoms with van der Waals surface area (Å²) in [5.41, 5.74) is 0.535. The SMILES string of the molecule is C/C(=C\C[C@@H](C)/C=C1\CN2CCC[C@H]2[C@@](C)(O)[C@H]1O)[C@@H](O)[C@@H](C)O. The first kappa shape index (κ1) is 19.6. The van der Waals surface area contributed by atoms with Gasteiger partial charge in [0.25, 0.3) is 0 Å². The maximum atomic E-state index is 10.7. The topological polar surface area (TPSA) is 84.2 Å². The Morgan fingerprint density at radius 1 is 1.38 bits per heavy atom. The van der Waals surface area contributed by atoms with Gasteiger partial charge in [-0.1, -0.05) is 19.1 Å². The lowest BCUT2D eigenvalue weighted by Crippen LogP contribution is -2.61. The van der Waals surface area contributed by atoms with Gasteiger partial charge in [0.2, 0.25) is 0 Å². The van der Waals surface area contributed by atoms with Gasteiger partial charge in [0, 0.05) is 12.6 Å². The molecule has 0 unspecified atom stereocenters. The molecule has 138 valence electrons. The third-order valence-electron chi connectivity index (χ3n) is 5.56. The molecule has 0 aromatic carbocycles. The van der Waals surface area contributed by atoms with Crippen LogP contribution in [0.15, 0.2) is 23.3 Å². The molecular weight excluding hydrogens is 306 g/mol. The first-order chi connectivity index (χ1) is 11.1. The molecule has 0 bridgehead atoms. The van der Waals surface area contributed by atoms with Crippen molar-refractivity contribution >= 4 is 0 Å². The maximum Gasteiger partial charge on any atom is 0.107 e. The van der Waals surface area contributed by atoms with E-state index in [1.807, 2.05) is 19.1 Å². The fourth-order valence-electron chi connectivity index (χ4n) is 4.01. The summed E-state index contributed by atoms with van der Waals surface area (Å²) in [6.07, 6.45) is 4.26. The molecular formula is C19H33NO4. The Morgan fingerprint density at radius 3 is 2.67 bits per heavy atom. The molecule has 2 rings (SSSR count). The number of rotatable bonds is 5. The van der Waals surface area contributed by atoms with Crippen molar-refractivity contribution in [2.75, 3.05) is 13.1 Å². The number of hydrogen-bond acceptors (Lipinski definition) is 5. The number of aliphatic hydroxyl groups excluding tert-OH is 3. The van der Waals surface area contributed by atoms with Crippen molar-refractivity contribution in [2.24, 2.45) is 5.92 Å². The Labute approximate surface area is 145 Å². The molecule has 0 spiro atoms. The Morgan fingerprint density at radius 2 is 2.04 bits per heavy atom. The number of hydrogen-bond donors (Lipinski definition) is 4. The van der Waals surface area contributed by atoms with E-state index in [0.29, 0.717) is 6.54 Å². The summed E-state index contributed by atoms with van der Waals surface area (Å²) in [7, 11) is 0. The van der Waals surface area contributed by atoms with E-state index < -0.39 is 23.9 Å². The zero-order valence-electron chi connectivity index (χ0n) is 15.3. The minimum atomic E-state index is -1.10. The van der Waals surface area contributed by atoms with E-state index in [2.05, 4.69) is 11.8 Å². The van der Waals surface area contributed by atoms with Crippen molar-refractivity contribution in [2.45, 2.75) is 76.9 Å². The highest BCUT2D eigenvalue weighted by molar-refractivity contribution is 5.24. The highest BCUT2D eigenvalue weighted by atomic mass is 16.3. The van der Waals surface area contributed by atoms with Crippen molar-refractivity contribution in [3.8, 4) is 0 Å². The minimum Gasteiger partial charge on any atom is -0.390 e. The molecule has 0 aliphatic carbocycles. The third kappa shape index (κ3) is 4.09. The van der Waals surface area contributed by atoms with Crippen molar-refractivity contribution in [3.05, 3.63) is 23.3 Å². The smallest absolute Gasteiger partial charge is 0.107 e. The Hall–Kier alpha value is -0.720. The van der Waals surface area contributed by atoms with Crippen LogP contribution in [0.5, 0.6) is 0 Å². The van der Waals surface area contributed by atoms with E-state index in [-0.39, 0.29) is 12.0 Å². The summed E-state index contributed by atoms with van der Waals surface area (Å²) >= 11 is 0. The molecule has 2 saturated heterocycles. The van der Waals surface area contributed by atoms with Crippen LogP contribution < -0.4 is 0 Å². The summed E-state index contributed by atoms with van der Waals surface area (Å²) < 4.78 is 0. The van der Waals surface area contributed by atoms with Gasteiger partial charge in [-0.2, -0.15) is 0 Å². The van der Waals surface area contributed by atoms with E-state index in [1.54, 1.807) is 13.8 Å². The van der Waals surface area contributed by atoms with E-state index >= 15 is 0 Å². The fourth-order valence-corrected chi connectivity index (χ4v) is 4.01. The largest absolute Gasteiger partial charge is 0.390 e.